The second-order valence-corrected chi connectivity index (χ2v) is 6.41. The largest absolute Gasteiger partial charge is 0.496 e. The highest BCUT2D eigenvalue weighted by molar-refractivity contribution is 9.10. The molecular formula is C16H17BrClNO. The zero-order chi connectivity index (χ0) is 14.8. The first-order chi connectivity index (χ1) is 9.42. The minimum absolute atomic E-state index is 0.498. The summed E-state index contributed by atoms with van der Waals surface area (Å²) >= 11 is 9.55. The number of ether oxygens (including phenoxy) is 1. The molecule has 0 aliphatic heterocycles. The van der Waals surface area contributed by atoms with Crippen molar-refractivity contribution in [3.63, 3.8) is 0 Å². The highest BCUT2D eigenvalue weighted by Gasteiger charge is 2.23. The van der Waals surface area contributed by atoms with E-state index in [2.05, 4.69) is 15.9 Å². The van der Waals surface area contributed by atoms with Crippen molar-refractivity contribution < 1.29 is 4.74 Å². The third-order valence-corrected chi connectivity index (χ3v) is 4.01. The number of hydrogen-bond acceptors (Lipinski definition) is 2. The lowest BCUT2D eigenvalue weighted by atomic mass is 9.86. The number of nitrogens with two attached hydrogens (primary N) is 1. The first kappa shape index (κ1) is 15.4. The van der Waals surface area contributed by atoms with E-state index >= 15 is 0 Å². The predicted octanol–water partition coefficient (Wildman–Crippen LogP) is 4.53. The van der Waals surface area contributed by atoms with Gasteiger partial charge in [-0.25, -0.2) is 0 Å². The lowest BCUT2D eigenvalue weighted by Gasteiger charge is -2.26. The summed E-state index contributed by atoms with van der Waals surface area (Å²) in [6.45, 7) is 2.01. The van der Waals surface area contributed by atoms with E-state index in [4.69, 9.17) is 22.1 Å². The van der Waals surface area contributed by atoms with Gasteiger partial charge in [0.15, 0.2) is 0 Å². The SMILES string of the molecule is COc1ccc(Cl)cc1CC(C)(N)c1cccc(Br)c1. The van der Waals surface area contributed by atoms with Gasteiger partial charge in [0.05, 0.1) is 7.11 Å². The van der Waals surface area contributed by atoms with Crippen LogP contribution < -0.4 is 10.5 Å². The van der Waals surface area contributed by atoms with Crippen molar-refractivity contribution >= 4 is 27.5 Å². The van der Waals surface area contributed by atoms with Gasteiger partial charge in [0.25, 0.3) is 0 Å². The van der Waals surface area contributed by atoms with E-state index in [-0.39, 0.29) is 0 Å². The Hall–Kier alpha value is -1.03. The molecule has 4 heteroatoms. The molecule has 0 radical (unpaired) electrons. The maximum atomic E-state index is 6.49. The van der Waals surface area contributed by atoms with E-state index in [1.54, 1.807) is 7.11 Å². The first-order valence-electron chi connectivity index (χ1n) is 6.30. The van der Waals surface area contributed by atoms with Gasteiger partial charge >= 0.3 is 0 Å². The number of rotatable bonds is 4. The van der Waals surface area contributed by atoms with E-state index in [0.29, 0.717) is 11.4 Å². The Labute approximate surface area is 133 Å². The molecule has 0 spiro atoms. The number of benzene rings is 2. The van der Waals surface area contributed by atoms with Crippen molar-refractivity contribution in [2.24, 2.45) is 5.73 Å². The topological polar surface area (TPSA) is 35.2 Å². The van der Waals surface area contributed by atoms with E-state index in [9.17, 15) is 0 Å². The van der Waals surface area contributed by atoms with Crippen molar-refractivity contribution in [3.05, 3.63) is 63.1 Å². The van der Waals surface area contributed by atoms with Crippen LogP contribution in [-0.2, 0) is 12.0 Å². The average Bonchev–Trinajstić information content (AvgIpc) is 2.38. The van der Waals surface area contributed by atoms with Crippen LogP contribution in [0.5, 0.6) is 5.75 Å². The van der Waals surface area contributed by atoms with Crippen molar-refractivity contribution in [1.29, 1.82) is 0 Å². The molecule has 2 aromatic rings. The molecule has 1 atom stereocenters. The summed E-state index contributed by atoms with van der Waals surface area (Å²) in [7, 11) is 1.65. The number of halogens is 2. The molecule has 0 saturated heterocycles. The predicted molar refractivity (Wildman–Crippen MR) is 87.4 cm³/mol. The Kier molecular flexibility index (Phi) is 4.74. The molecule has 2 nitrogen and oxygen atoms in total. The van der Waals surface area contributed by atoms with E-state index in [1.807, 2.05) is 49.4 Å². The standard InChI is InChI=1S/C16H17BrClNO/c1-16(19,12-4-3-5-13(17)9-12)10-11-8-14(18)6-7-15(11)20-2/h3-9H,10,19H2,1-2H3. The molecule has 0 aliphatic rings. The molecule has 106 valence electrons. The van der Waals surface area contributed by atoms with Crippen LogP contribution in [0.25, 0.3) is 0 Å². The van der Waals surface area contributed by atoms with Gasteiger partial charge in [0, 0.05) is 15.0 Å². The van der Waals surface area contributed by atoms with Crippen molar-refractivity contribution in [1.82, 2.24) is 0 Å². The molecule has 0 aromatic heterocycles. The van der Waals surface area contributed by atoms with E-state index < -0.39 is 5.54 Å². The Balaban J connectivity index is 2.35. The minimum Gasteiger partial charge on any atom is -0.496 e. The van der Waals surface area contributed by atoms with Crippen LogP contribution >= 0.6 is 27.5 Å². The van der Waals surface area contributed by atoms with Crippen LogP contribution in [0, 0.1) is 0 Å². The fraction of sp³-hybridized carbons (Fsp3) is 0.250. The molecule has 0 saturated carbocycles. The zero-order valence-corrected chi connectivity index (χ0v) is 13.8. The molecular weight excluding hydrogens is 338 g/mol. The molecule has 20 heavy (non-hydrogen) atoms. The van der Waals surface area contributed by atoms with Crippen LogP contribution in [0.3, 0.4) is 0 Å². The highest BCUT2D eigenvalue weighted by Crippen LogP contribution is 2.30. The van der Waals surface area contributed by atoms with Crippen LogP contribution in [0.1, 0.15) is 18.1 Å². The fourth-order valence-corrected chi connectivity index (χ4v) is 2.82. The van der Waals surface area contributed by atoms with Gasteiger partial charge in [-0.3, -0.25) is 0 Å². The molecule has 0 fully saturated rings. The van der Waals surface area contributed by atoms with Crippen LogP contribution in [-0.4, -0.2) is 7.11 Å². The quantitative estimate of drug-likeness (QED) is 0.875. The third-order valence-electron chi connectivity index (χ3n) is 3.28. The number of methoxy groups -OCH3 is 1. The third kappa shape index (κ3) is 3.54. The normalized spacial score (nSPS) is 13.8. The van der Waals surface area contributed by atoms with Crippen LogP contribution in [0.15, 0.2) is 46.9 Å². The summed E-state index contributed by atoms with van der Waals surface area (Å²) in [6, 6.07) is 13.6. The molecule has 2 rings (SSSR count). The molecule has 0 aliphatic carbocycles. The Bertz CT molecular complexity index is 613. The van der Waals surface area contributed by atoms with Crippen molar-refractivity contribution in [2.75, 3.05) is 7.11 Å². The molecule has 0 heterocycles. The van der Waals surface area contributed by atoms with Gasteiger partial charge in [-0.15, -0.1) is 0 Å². The van der Waals surface area contributed by atoms with E-state index in [1.165, 1.54) is 0 Å². The summed E-state index contributed by atoms with van der Waals surface area (Å²) in [5.74, 6) is 0.807. The minimum atomic E-state index is -0.498. The van der Waals surface area contributed by atoms with Crippen LogP contribution in [0.4, 0.5) is 0 Å². The van der Waals surface area contributed by atoms with Crippen molar-refractivity contribution in [3.8, 4) is 5.75 Å². The Morgan fingerprint density at radius 1 is 1.25 bits per heavy atom. The smallest absolute Gasteiger partial charge is 0.122 e. The second kappa shape index (κ2) is 6.17. The van der Waals surface area contributed by atoms with Gasteiger partial charge in [0.2, 0.25) is 0 Å². The summed E-state index contributed by atoms with van der Waals surface area (Å²) < 4.78 is 6.40. The molecule has 2 N–H and O–H groups in total. The van der Waals surface area contributed by atoms with Gasteiger partial charge in [0.1, 0.15) is 5.75 Å². The first-order valence-corrected chi connectivity index (χ1v) is 7.47. The highest BCUT2D eigenvalue weighted by atomic mass is 79.9. The zero-order valence-electron chi connectivity index (χ0n) is 11.5. The Morgan fingerprint density at radius 3 is 2.65 bits per heavy atom. The molecule has 0 bridgehead atoms. The molecule has 2 aromatic carbocycles. The summed E-state index contributed by atoms with van der Waals surface area (Å²) in [6.07, 6.45) is 0.646. The lowest BCUT2D eigenvalue weighted by molar-refractivity contribution is 0.400. The average molecular weight is 355 g/mol. The van der Waals surface area contributed by atoms with Gasteiger partial charge in [-0.1, -0.05) is 39.7 Å². The van der Waals surface area contributed by atoms with Crippen molar-refractivity contribution in [2.45, 2.75) is 18.9 Å². The Morgan fingerprint density at radius 2 is 2.00 bits per heavy atom. The fourth-order valence-electron chi connectivity index (χ4n) is 2.23. The van der Waals surface area contributed by atoms with Gasteiger partial charge in [-0.2, -0.15) is 0 Å². The van der Waals surface area contributed by atoms with E-state index in [0.717, 1.165) is 21.3 Å². The summed E-state index contributed by atoms with van der Waals surface area (Å²) in [5.41, 5.74) is 8.06. The monoisotopic (exact) mass is 353 g/mol. The van der Waals surface area contributed by atoms with Crippen LogP contribution in [0.2, 0.25) is 5.02 Å². The van der Waals surface area contributed by atoms with Gasteiger partial charge in [-0.05, 0) is 54.8 Å². The summed E-state index contributed by atoms with van der Waals surface area (Å²) in [4.78, 5) is 0. The van der Waals surface area contributed by atoms with Gasteiger partial charge < -0.3 is 10.5 Å². The molecule has 0 amide bonds. The maximum absolute atomic E-state index is 6.49. The number of hydrogen-bond donors (Lipinski definition) is 1. The lowest BCUT2D eigenvalue weighted by Crippen LogP contribution is -2.35. The maximum Gasteiger partial charge on any atom is 0.122 e. The summed E-state index contributed by atoms with van der Waals surface area (Å²) in [5, 5.41) is 0.686. The molecule has 1 unspecified atom stereocenters. The second-order valence-electron chi connectivity index (χ2n) is 5.06.